The molecule has 1 heterocycles. The van der Waals surface area contributed by atoms with Crippen LogP contribution in [-0.2, 0) is 19.5 Å². The van der Waals surface area contributed by atoms with Crippen molar-refractivity contribution in [2.24, 2.45) is 0 Å². The number of hydrogen-bond donors (Lipinski definition) is 0. The molecule has 29 heavy (non-hydrogen) atoms. The quantitative estimate of drug-likeness (QED) is 0.505. The number of ether oxygens (including phenoxy) is 1. The molecule has 0 N–H and O–H groups in total. The van der Waals surface area contributed by atoms with Gasteiger partial charge in [-0.15, -0.1) is 0 Å². The van der Waals surface area contributed by atoms with E-state index in [4.69, 9.17) is 4.74 Å². The fraction of sp³-hybridized carbons (Fsp3) is 0.407. The second kappa shape index (κ2) is 9.00. The number of fused-ring (bicyclic) bond motifs is 1. The number of benzene rings is 2. The van der Waals surface area contributed by atoms with Gasteiger partial charge in [-0.2, -0.15) is 0 Å². The molecule has 0 radical (unpaired) electrons. The van der Waals surface area contributed by atoms with E-state index in [1.54, 1.807) is 0 Å². The largest absolute Gasteiger partial charge is 0.493 e. The van der Waals surface area contributed by atoms with E-state index in [2.05, 4.69) is 80.3 Å². The summed E-state index contributed by atoms with van der Waals surface area (Å²) in [5.74, 6) is 1.01. The number of aryl methyl sites for hydroxylation is 1. The molecule has 2 nitrogen and oxygen atoms in total. The predicted octanol–water partition coefficient (Wildman–Crippen LogP) is 6.46. The SMILES string of the molecule is C/C=C\C(=C/C)c1ccc(CCOc2ccc3c(c2)CN(C2CCC2)C3)cc1C. The van der Waals surface area contributed by atoms with Gasteiger partial charge in [0.1, 0.15) is 5.75 Å². The normalized spacial score (nSPS) is 17.6. The molecule has 0 saturated heterocycles. The summed E-state index contributed by atoms with van der Waals surface area (Å²) in [4.78, 5) is 2.63. The number of hydrogen-bond acceptors (Lipinski definition) is 2. The van der Waals surface area contributed by atoms with Crippen molar-refractivity contribution >= 4 is 5.57 Å². The highest BCUT2D eigenvalue weighted by atomic mass is 16.5. The van der Waals surface area contributed by atoms with E-state index in [0.29, 0.717) is 0 Å². The fourth-order valence-electron chi connectivity index (χ4n) is 4.51. The molecule has 0 aromatic heterocycles. The minimum atomic E-state index is 0.718. The highest BCUT2D eigenvalue weighted by Gasteiger charge is 2.29. The summed E-state index contributed by atoms with van der Waals surface area (Å²) >= 11 is 0. The first-order chi connectivity index (χ1) is 14.2. The fourth-order valence-corrected chi connectivity index (χ4v) is 4.51. The lowest BCUT2D eigenvalue weighted by atomic mass is 9.92. The lowest BCUT2D eigenvalue weighted by molar-refractivity contribution is 0.126. The third-order valence-electron chi connectivity index (χ3n) is 6.43. The van der Waals surface area contributed by atoms with Crippen LogP contribution in [0, 0.1) is 6.92 Å². The molecule has 0 spiro atoms. The van der Waals surface area contributed by atoms with E-state index >= 15 is 0 Å². The summed E-state index contributed by atoms with van der Waals surface area (Å²) in [6.07, 6.45) is 11.5. The molecule has 4 rings (SSSR count). The molecule has 1 aliphatic heterocycles. The molecule has 2 aromatic carbocycles. The van der Waals surface area contributed by atoms with Gasteiger partial charge in [-0.25, -0.2) is 0 Å². The second-order valence-corrected chi connectivity index (χ2v) is 8.41. The maximum Gasteiger partial charge on any atom is 0.119 e. The van der Waals surface area contributed by atoms with Gasteiger partial charge in [0.25, 0.3) is 0 Å². The number of rotatable bonds is 7. The standard InChI is InChI=1S/C27H33NO/c1-4-7-22(5-2)27-13-10-21(16-20(27)3)14-15-29-26-12-11-23-18-28(19-24(23)17-26)25-8-6-9-25/h4-5,7,10-13,16-17,25H,6,8-9,14-15,18-19H2,1-3H3/b7-4-,22-5+. The van der Waals surface area contributed by atoms with E-state index in [-0.39, 0.29) is 0 Å². The minimum absolute atomic E-state index is 0.718. The average Bonchev–Trinajstić information content (AvgIpc) is 3.07. The van der Waals surface area contributed by atoms with E-state index < -0.39 is 0 Å². The van der Waals surface area contributed by atoms with Gasteiger partial charge in [0.2, 0.25) is 0 Å². The Hall–Kier alpha value is -2.32. The van der Waals surface area contributed by atoms with Crippen LogP contribution in [0.25, 0.3) is 5.57 Å². The Morgan fingerprint density at radius 3 is 2.59 bits per heavy atom. The zero-order chi connectivity index (χ0) is 20.2. The van der Waals surface area contributed by atoms with Gasteiger partial charge >= 0.3 is 0 Å². The molecule has 2 heteroatoms. The van der Waals surface area contributed by atoms with E-state index in [1.807, 2.05) is 0 Å². The molecule has 0 atom stereocenters. The average molecular weight is 388 g/mol. The van der Waals surface area contributed by atoms with Gasteiger partial charge < -0.3 is 4.74 Å². The molecule has 2 aliphatic rings. The van der Waals surface area contributed by atoms with E-state index in [0.717, 1.165) is 37.9 Å². The Kier molecular flexibility index (Phi) is 6.20. The van der Waals surface area contributed by atoms with Crippen LogP contribution in [0.1, 0.15) is 60.9 Å². The third-order valence-corrected chi connectivity index (χ3v) is 6.43. The Labute approximate surface area is 175 Å². The van der Waals surface area contributed by atoms with Crippen LogP contribution in [0.2, 0.25) is 0 Å². The molecular formula is C27H33NO. The Balaban J connectivity index is 1.33. The van der Waals surface area contributed by atoms with Crippen LogP contribution in [0.5, 0.6) is 5.75 Å². The first kappa shape index (κ1) is 20.0. The van der Waals surface area contributed by atoms with Crippen molar-refractivity contribution in [2.45, 2.75) is 65.6 Å². The molecular weight excluding hydrogens is 354 g/mol. The van der Waals surface area contributed by atoms with Crippen molar-refractivity contribution in [2.75, 3.05) is 6.61 Å². The van der Waals surface area contributed by atoms with Crippen molar-refractivity contribution in [1.82, 2.24) is 4.90 Å². The topological polar surface area (TPSA) is 12.5 Å². The summed E-state index contributed by atoms with van der Waals surface area (Å²) in [6.45, 7) is 9.29. The van der Waals surface area contributed by atoms with Crippen LogP contribution in [0.15, 0.2) is 54.6 Å². The van der Waals surface area contributed by atoms with Crippen LogP contribution in [0.4, 0.5) is 0 Å². The van der Waals surface area contributed by atoms with Crippen LogP contribution < -0.4 is 4.74 Å². The van der Waals surface area contributed by atoms with Crippen LogP contribution >= 0.6 is 0 Å². The maximum absolute atomic E-state index is 6.11. The summed E-state index contributed by atoms with van der Waals surface area (Å²) < 4.78 is 6.11. The monoisotopic (exact) mass is 387 g/mol. The zero-order valence-electron chi connectivity index (χ0n) is 18.1. The van der Waals surface area contributed by atoms with Crippen molar-refractivity contribution in [3.63, 3.8) is 0 Å². The predicted molar refractivity (Wildman–Crippen MR) is 122 cm³/mol. The molecule has 152 valence electrons. The van der Waals surface area contributed by atoms with Crippen molar-refractivity contribution < 1.29 is 4.74 Å². The molecule has 0 bridgehead atoms. The summed E-state index contributed by atoms with van der Waals surface area (Å²) in [5.41, 5.74) is 8.18. The van der Waals surface area contributed by atoms with Gasteiger partial charge in [-0.3, -0.25) is 4.90 Å². The Morgan fingerprint density at radius 1 is 1.07 bits per heavy atom. The van der Waals surface area contributed by atoms with Gasteiger partial charge in [0.05, 0.1) is 6.61 Å². The second-order valence-electron chi connectivity index (χ2n) is 8.41. The van der Waals surface area contributed by atoms with Crippen LogP contribution in [-0.4, -0.2) is 17.5 Å². The molecule has 0 amide bonds. The van der Waals surface area contributed by atoms with Crippen LogP contribution in [0.3, 0.4) is 0 Å². The molecule has 0 unspecified atom stereocenters. The summed E-state index contributed by atoms with van der Waals surface area (Å²) in [5, 5.41) is 0. The highest BCUT2D eigenvalue weighted by molar-refractivity contribution is 5.75. The smallest absolute Gasteiger partial charge is 0.119 e. The molecule has 1 aliphatic carbocycles. The van der Waals surface area contributed by atoms with E-state index in [9.17, 15) is 0 Å². The first-order valence-electron chi connectivity index (χ1n) is 11.1. The molecule has 2 aromatic rings. The Bertz CT molecular complexity index is 920. The summed E-state index contributed by atoms with van der Waals surface area (Å²) in [7, 11) is 0. The first-order valence-corrected chi connectivity index (χ1v) is 11.1. The number of allylic oxidation sites excluding steroid dienone is 4. The Morgan fingerprint density at radius 2 is 1.90 bits per heavy atom. The highest BCUT2D eigenvalue weighted by Crippen LogP contribution is 2.34. The molecule has 1 saturated carbocycles. The van der Waals surface area contributed by atoms with Gasteiger partial charge in [0, 0.05) is 25.6 Å². The number of nitrogens with zero attached hydrogens (tertiary/aromatic N) is 1. The summed E-state index contributed by atoms with van der Waals surface area (Å²) in [6, 6.07) is 14.3. The van der Waals surface area contributed by atoms with Crippen molar-refractivity contribution in [3.8, 4) is 5.75 Å². The molecule has 1 fully saturated rings. The van der Waals surface area contributed by atoms with Crippen molar-refractivity contribution in [3.05, 3.63) is 82.4 Å². The minimum Gasteiger partial charge on any atom is -0.493 e. The third kappa shape index (κ3) is 4.48. The lowest BCUT2D eigenvalue weighted by Gasteiger charge is -2.34. The van der Waals surface area contributed by atoms with Crippen molar-refractivity contribution in [1.29, 1.82) is 0 Å². The van der Waals surface area contributed by atoms with Gasteiger partial charge in [0.15, 0.2) is 0 Å². The lowest BCUT2D eigenvalue weighted by Crippen LogP contribution is -2.36. The van der Waals surface area contributed by atoms with Gasteiger partial charge in [-0.05, 0) is 79.1 Å². The zero-order valence-corrected chi connectivity index (χ0v) is 18.1. The maximum atomic E-state index is 6.11. The van der Waals surface area contributed by atoms with Gasteiger partial charge in [-0.1, -0.05) is 48.9 Å². The van der Waals surface area contributed by atoms with E-state index in [1.165, 1.54) is 52.7 Å².